The van der Waals surface area contributed by atoms with Crippen molar-refractivity contribution in [1.29, 1.82) is 0 Å². The number of carbonyl (C=O) groups excluding carboxylic acids is 1. The molecule has 0 saturated heterocycles. The molecule has 19 heavy (non-hydrogen) atoms. The van der Waals surface area contributed by atoms with Gasteiger partial charge in [0.25, 0.3) is 5.91 Å². The second-order valence-corrected chi connectivity index (χ2v) is 5.73. The molecule has 5 nitrogen and oxygen atoms in total. The highest BCUT2D eigenvalue weighted by atomic mass is 35.5. The molecular weight excluding hydrogens is 268 g/mol. The van der Waals surface area contributed by atoms with Gasteiger partial charge in [-0.05, 0) is 19.1 Å². The lowest BCUT2D eigenvalue weighted by atomic mass is 9.91. The van der Waals surface area contributed by atoms with E-state index < -0.39 is 17.9 Å². The van der Waals surface area contributed by atoms with Crippen molar-refractivity contribution in [1.82, 2.24) is 10.3 Å². The van der Waals surface area contributed by atoms with Gasteiger partial charge in [-0.25, -0.2) is 4.98 Å². The van der Waals surface area contributed by atoms with Crippen LogP contribution < -0.4 is 5.32 Å². The number of aromatic nitrogens is 1. The molecule has 2 N–H and O–H groups in total. The molecule has 6 heteroatoms. The Morgan fingerprint density at radius 1 is 1.37 bits per heavy atom. The fourth-order valence-corrected chi connectivity index (χ4v) is 1.56. The van der Waals surface area contributed by atoms with Crippen LogP contribution in [0.15, 0.2) is 12.1 Å². The number of carboxylic acid groups (broad SMARTS) is 1. The number of aliphatic carboxylic acids is 1. The zero-order chi connectivity index (χ0) is 14.8. The predicted molar refractivity (Wildman–Crippen MR) is 72.5 cm³/mol. The second kappa shape index (κ2) is 5.57. The smallest absolute Gasteiger partial charge is 0.325 e. The first-order valence-electron chi connectivity index (χ1n) is 5.83. The van der Waals surface area contributed by atoms with Gasteiger partial charge >= 0.3 is 5.97 Å². The van der Waals surface area contributed by atoms with Crippen LogP contribution in [0, 0.1) is 0 Å². The highest BCUT2D eigenvalue weighted by Gasteiger charge is 2.20. The lowest BCUT2D eigenvalue weighted by Gasteiger charge is -2.19. The number of hydrogen-bond acceptors (Lipinski definition) is 3. The van der Waals surface area contributed by atoms with Gasteiger partial charge in [-0.2, -0.15) is 0 Å². The minimum atomic E-state index is -1.09. The Hall–Kier alpha value is -1.62. The number of hydrogen-bond donors (Lipinski definition) is 2. The molecule has 0 fully saturated rings. The van der Waals surface area contributed by atoms with Gasteiger partial charge in [0.1, 0.15) is 11.2 Å². The first kappa shape index (κ1) is 15.4. The molecule has 1 rings (SSSR count). The first-order chi connectivity index (χ1) is 8.61. The minimum absolute atomic E-state index is 0.209. The van der Waals surface area contributed by atoms with Crippen LogP contribution in [0.1, 0.15) is 43.7 Å². The fraction of sp³-hybridized carbons (Fsp3) is 0.462. The lowest BCUT2D eigenvalue weighted by molar-refractivity contribution is -0.138. The Bertz CT molecular complexity index is 509. The average molecular weight is 285 g/mol. The summed E-state index contributed by atoms with van der Waals surface area (Å²) in [6.45, 7) is 7.25. The van der Waals surface area contributed by atoms with Crippen LogP contribution >= 0.6 is 11.6 Å². The lowest BCUT2D eigenvalue weighted by Crippen LogP contribution is -2.38. The summed E-state index contributed by atoms with van der Waals surface area (Å²) in [7, 11) is 0. The predicted octanol–water partition coefficient (Wildman–Crippen LogP) is 2.24. The largest absolute Gasteiger partial charge is 0.480 e. The maximum atomic E-state index is 11.9. The molecule has 1 aromatic rings. The van der Waals surface area contributed by atoms with Crippen molar-refractivity contribution < 1.29 is 14.7 Å². The van der Waals surface area contributed by atoms with Crippen molar-refractivity contribution in [2.24, 2.45) is 0 Å². The zero-order valence-corrected chi connectivity index (χ0v) is 12.1. The number of pyridine rings is 1. The summed E-state index contributed by atoms with van der Waals surface area (Å²) in [5.74, 6) is -1.57. The average Bonchev–Trinajstić information content (AvgIpc) is 2.26. The van der Waals surface area contributed by atoms with Crippen molar-refractivity contribution in [2.45, 2.75) is 39.2 Å². The molecule has 0 aromatic carbocycles. The number of rotatable bonds is 3. The van der Waals surface area contributed by atoms with Gasteiger partial charge in [0.05, 0.1) is 0 Å². The van der Waals surface area contributed by atoms with E-state index in [1.165, 1.54) is 13.0 Å². The standard InChI is InChI=1S/C13H17ClN2O3/c1-7(12(18)19)15-11(17)8-5-9(13(2,3)4)16-10(14)6-8/h5-7H,1-4H3,(H,15,17)(H,18,19)/t7-/m1/s1. The van der Waals surface area contributed by atoms with Crippen LogP contribution in [-0.4, -0.2) is 28.0 Å². The molecule has 0 radical (unpaired) electrons. The Morgan fingerprint density at radius 3 is 2.42 bits per heavy atom. The number of carboxylic acids is 1. The summed E-state index contributed by atoms with van der Waals surface area (Å²) in [6.07, 6.45) is 0. The number of amides is 1. The quantitative estimate of drug-likeness (QED) is 0.834. The van der Waals surface area contributed by atoms with Crippen LogP contribution in [0.3, 0.4) is 0 Å². The molecule has 104 valence electrons. The van der Waals surface area contributed by atoms with Gasteiger partial charge in [0.15, 0.2) is 0 Å². The highest BCUT2D eigenvalue weighted by Crippen LogP contribution is 2.23. The van der Waals surface area contributed by atoms with E-state index in [0.717, 1.165) is 0 Å². The maximum Gasteiger partial charge on any atom is 0.325 e. The topological polar surface area (TPSA) is 79.3 Å². The first-order valence-corrected chi connectivity index (χ1v) is 6.21. The Balaban J connectivity index is 3.04. The molecule has 0 spiro atoms. The van der Waals surface area contributed by atoms with E-state index >= 15 is 0 Å². The van der Waals surface area contributed by atoms with Gasteiger partial charge in [-0.1, -0.05) is 32.4 Å². The zero-order valence-electron chi connectivity index (χ0n) is 11.3. The van der Waals surface area contributed by atoms with Gasteiger partial charge in [-0.3, -0.25) is 9.59 Å². The van der Waals surface area contributed by atoms with Gasteiger partial charge in [0.2, 0.25) is 0 Å². The third-order valence-corrected chi connectivity index (χ3v) is 2.74. The molecule has 0 aliphatic carbocycles. The van der Waals surface area contributed by atoms with Crippen molar-refractivity contribution in [3.8, 4) is 0 Å². The summed E-state index contributed by atoms with van der Waals surface area (Å²) < 4.78 is 0. The van der Waals surface area contributed by atoms with E-state index in [9.17, 15) is 9.59 Å². The second-order valence-electron chi connectivity index (χ2n) is 5.35. The molecule has 0 bridgehead atoms. The normalized spacial score (nSPS) is 12.9. The molecular formula is C13H17ClN2O3. The molecule has 1 aromatic heterocycles. The molecule has 1 atom stereocenters. The third-order valence-electron chi connectivity index (χ3n) is 2.54. The van der Waals surface area contributed by atoms with Gasteiger partial charge in [-0.15, -0.1) is 0 Å². The summed E-state index contributed by atoms with van der Waals surface area (Å²) in [4.78, 5) is 26.8. The summed E-state index contributed by atoms with van der Waals surface area (Å²) in [6, 6.07) is 2.08. The number of nitrogens with one attached hydrogen (secondary N) is 1. The van der Waals surface area contributed by atoms with Crippen molar-refractivity contribution in [2.75, 3.05) is 0 Å². The number of halogens is 1. The molecule has 0 unspecified atom stereocenters. The van der Waals surface area contributed by atoms with E-state index in [0.29, 0.717) is 11.3 Å². The molecule has 0 aliphatic rings. The van der Waals surface area contributed by atoms with E-state index in [1.807, 2.05) is 20.8 Å². The van der Waals surface area contributed by atoms with Gasteiger partial charge < -0.3 is 10.4 Å². The summed E-state index contributed by atoms with van der Waals surface area (Å²) in [5, 5.41) is 11.3. The van der Waals surface area contributed by atoms with Crippen molar-refractivity contribution in [3.05, 3.63) is 28.5 Å². The van der Waals surface area contributed by atoms with E-state index in [4.69, 9.17) is 16.7 Å². The van der Waals surface area contributed by atoms with Crippen LogP contribution in [0.4, 0.5) is 0 Å². The van der Waals surface area contributed by atoms with E-state index in [2.05, 4.69) is 10.3 Å². The molecule has 1 amide bonds. The monoisotopic (exact) mass is 284 g/mol. The summed E-state index contributed by atoms with van der Waals surface area (Å²) in [5.41, 5.74) is 0.726. The van der Waals surface area contributed by atoms with E-state index in [-0.39, 0.29) is 10.6 Å². The van der Waals surface area contributed by atoms with Crippen molar-refractivity contribution >= 4 is 23.5 Å². The fourth-order valence-electron chi connectivity index (χ4n) is 1.35. The highest BCUT2D eigenvalue weighted by molar-refractivity contribution is 6.29. The Kier molecular flexibility index (Phi) is 4.52. The van der Waals surface area contributed by atoms with E-state index in [1.54, 1.807) is 6.07 Å². The number of nitrogens with zero attached hydrogens (tertiary/aromatic N) is 1. The Morgan fingerprint density at radius 2 is 1.95 bits per heavy atom. The maximum absolute atomic E-state index is 11.9. The third kappa shape index (κ3) is 4.21. The summed E-state index contributed by atoms with van der Waals surface area (Å²) >= 11 is 5.89. The SMILES string of the molecule is C[C@@H](NC(=O)c1cc(Cl)nc(C(C)(C)C)c1)C(=O)O. The molecule has 1 heterocycles. The minimum Gasteiger partial charge on any atom is -0.480 e. The van der Waals surface area contributed by atoms with Crippen LogP contribution in [0.25, 0.3) is 0 Å². The van der Waals surface area contributed by atoms with Gasteiger partial charge in [0, 0.05) is 16.7 Å². The van der Waals surface area contributed by atoms with Crippen molar-refractivity contribution in [3.63, 3.8) is 0 Å². The van der Waals surface area contributed by atoms with Crippen LogP contribution in [-0.2, 0) is 10.2 Å². The molecule has 0 saturated carbocycles. The van der Waals surface area contributed by atoms with Crippen LogP contribution in [0.2, 0.25) is 5.15 Å². The van der Waals surface area contributed by atoms with Crippen LogP contribution in [0.5, 0.6) is 0 Å². The Labute approximate surface area is 117 Å². The number of carbonyl (C=O) groups is 2. The molecule has 0 aliphatic heterocycles.